The van der Waals surface area contributed by atoms with E-state index in [0.29, 0.717) is 11.6 Å². The van der Waals surface area contributed by atoms with Gasteiger partial charge in [0.15, 0.2) is 0 Å². The zero-order valence-electron chi connectivity index (χ0n) is 18.3. The molecule has 0 saturated heterocycles. The Hall–Kier alpha value is -3.42. The summed E-state index contributed by atoms with van der Waals surface area (Å²) >= 11 is 1.59. The molecule has 0 bridgehead atoms. The number of pyridine rings is 2. The van der Waals surface area contributed by atoms with Gasteiger partial charge in [-0.05, 0) is 53.9 Å². The van der Waals surface area contributed by atoms with Gasteiger partial charge in [0, 0.05) is 29.3 Å². The van der Waals surface area contributed by atoms with Gasteiger partial charge in [-0.1, -0.05) is 30.3 Å². The third-order valence-electron chi connectivity index (χ3n) is 5.63. The van der Waals surface area contributed by atoms with Crippen LogP contribution in [0.3, 0.4) is 0 Å². The number of thioether (sulfide) groups is 1. The van der Waals surface area contributed by atoms with E-state index in [1.807, 2.05) is 24.4 Å². The van der Waals surface area contributed by atoms with E-state index in [9.17, 15) is 4.79 Å². The smallest absolute Gasteiger partial charge is 0.234 e. The molecule has 5 rings (SSSR count). The number of ether oxygens (including phenoxy) is 1. The number of hydrogen-bond acceptors (Lipinski definition) is 6. The van der Waals surface area contributed by atoms with Crippen LogP contribution in [0.15, 0.2) is 71.8 Å². The van der Waals surface area contributed by atoms with E-state index in [0.717, 1.165) is 52.3 Å². The van der Waals surface area contributed by atoms with Crippen LogP contribution in [0.1, 0.15) is 11.1 Å². The van der Waals surface area contributed by atoms with E-state index in [1.54, 1.807) is 18.9 Å². The second-order valence-corrected chi connectivity index (χ2v) is 8.89. The van der Waals surface area contributed by atoms with Crippen LogP contribution in [-0.4, -0.2) is 35.3 Å². The molecule has 4 aromatic rings. The average Bonchev–Trinajstić information content (AvgIpc) is 2.86. The summed E-state index contributed by atoms with van der Waals surface area (Å²) in [5.41, 5.74) is 7.18. The molecule has 166 valence electrons. The van der Waals surface area contributed by atoms with E-state index in [4.69, 9.17) is 4.74 Å². The van der Waals surface area contributed by atoms with Gasteiger partial charge in [0.1, 0.15) is 5.52 Å². The first-order valence-electron chi connectivity index (χ1n) is 10.8. The van der Waals surface area contributed by atoms with Crippen LogP contribution in [0, 0.1) is 0 Å². The first-order valence-corrected chi connectivity index (χ1v) is 11.8. The lowest BCUT2D eigenvalue weighted by Crippen LogP contribution is -2.19. The van der Waals surface area contributed by atoms with Crippen molar-refractivity contribution in [3.05, 3.63) is 78.0 Å². The topological polar surface area (TPSA) is 76.1 Å². The van der Waals surface area contributed by atoms with Crippen LogP contribution >= 0.6 is 11.8 Å². The molecule has 3 heterocycles. The highest BCUT2D eigenvalue weighted by Gasteiger charge is 2.15. The zero-order valence-corrected chi connectivity index (χ0v) is 19.1. The molecule has 0 unspecified atom stereocenters. The second-order valence-electron chi connectivity index (χ2n) is 7.87. The molecule has 33 heavy (non-hydrogen) atoms. The fraction of sp³-hybridized carbons (Fsp3) is 0.192. The highest BCUT2D eigenvalue weighted by Crippen LogP contribution is 2.32. The van der Waals surface area contributed by atoms with Crippen LogP contribution in [-0.2, 0) is 17.8 Å². The Kier molecular flexibility index (Phi) is 6.24. The predicted octanol–water partition coefficient (Wildman–Crippen LogP) is 4.68. The van der Waals surface area contributed by atoms with Crippen molar-refractivity contribution >= 4 is 34.4 Å². The molecule has 0 aliphatic carbocycles. The minimum atomic E-state index is 0.0703. The molecule has 0 radical (unpaired) electrons. The molecule has 0 saturated carbocycles. The normalized spacial score (nSPS) is 12.9. The monoisotopic (exact) mass is 456 g/mol. The molecule has 0 fully saturated rings. The molecular weight excluding hydrogens is 432 g/mol. The average molecular weight is 457 g/mol. The summed E-state index contributed by atoms with van der Waals surface area (Å²) in [6.45, 7) is 1.65. The maximum absolute atomic E-state index is 11.6. The van der Waals surface area contributed by atoms with Gasteiger partial charge in [-0.25, -0.2) is 4.98 Å². The summed E-state index contributed by atoms with van der Waals surface area (Å²) in [6, 6.07) is 20.6. The summed E-state index contributed by atoms with van der Waals surface area (Å²) in [7, 11) is 1.62. The number of methoxy groups -OCH3 is 1. The van der Waals surface area contributed by atoms with Gasteiger partial charge in [0.2, 0.25) is 11.8 Å². The number of amides is 1. The Morgan fingerprint density at radius 2 is 1.91 bits per heavy atom. The van der Waals surface area contributed by atoms with Gasteiger partial charge in [0.25, 0.3) is 0 Å². The third kappa shape index (κ3) is 4.84. The largest absolute Gasteiger partial charge is 0.481 e. The molecule has 0 spiro atoms. The zero-order chi connectivity index (χ0) is 22.6. The molecule has 2 aromatic heterocycles. The van der Waals surface area contributed by atoms with Crippen LogP contribution in [0.4, 0.5) is 5.69 Å². The van der Waals surface area contributed by atoms with Gasteiger partial charge in [-0.3, -0.25) is 9.78 Å². The van der Waals surface area contributed by atoms with Crippen LogP contribution in [0.25, 0.3) is 22.2 Å². The lowest BCUT2D eigenvalue weighted by Gasteiger charge is -2.17. The highest BCUT2D eigenvalue weighted by molar-refractivity contribution is 8.00. The number of hydrogen-bond donors (Lipinski definition) is 2. The van der Waals surface area contributed by atoms with Crippen molar-refractivity contribution in [1.82, 2.24) is 15.3 Å². The Morgan fingerprint density at radius 3 is 2.76 bits per heavy atom. The molecule has 1 aliphatic rings. The van der Waals surface area contributed by atoms with Crippen molar-refractivity contribution in [2.75, 3.05) is 24.7 Å². The first-order chi connectivity index (χ1) is 16.2. The lowest BCUT2D eigenvalue weighted by atomic mass is 10.0. The first kappa shape index (κ1) is 21.4. The molecular formula is C26H24N4O2S. The van der Waals surface area contributed by atoms with Crippen LogP contribution in [0.5, 0.6) is 5.88 Å². The van der Waals surface area contributed by atoms with Gasteiger partial charge in [-0.2, -0.15) is 0 Å². The third-order valence-corrected chi connectivity index (χ3v) is 6.70. The molecule has 2 aromatic carbocycles. The fourth-order valence-corrected chi connectivity index (χ4v) is 4.70. The predicted molar refractivity (Wildman–Crippen MR) is 133 cm³/mol. The Bertz CT molecular complexity index is 1310. The summed E-state index contributed by atoms with van der Waals surface area (Å²) in [5, 5.41) is 6.47. The molecule has 7 heteroatoms. The van der Waals surface area contributed by atoms with E-state index < -0.39 is 0 Å². The van der Waals surface area contributed by atoms with Gasteiger partial charge >= 0.3 is 0 Å². The number of nitrogens with zero attached hydrogens (tertiary/aromatic N) is 2. The number of anilines is 1. The van der Waals surface area contributed by atoms with Gasteiger partial charge in [0.05, 0.1) is 24.1 Å². The molecule has 1 amide bonds. The minimum Gasteiger partial charge on any atom is -0.481 e. The summed E-state index contributed by atoms with van der Waals surface area (Å²) in [4.78, 5) is 21.8. The molecule has 0 atom stereocenters. The SMILES string of the molecule is COc1ccc2nccc(-c3ccc(CNCCc4ccc5c(c4)NC(=O)CS5)cc3)c2n1. The number of carbonyl (C=O) groups is 1. The Morgan fingerprint density at radius 1 is 1.06 bits per heavy atom. The minimum absolute atomic E-state index is 0.0703. The number of aromatic nitrogens is 2. The quantitative estimate of drug-likeness (QED) is 0.393. The van der Waals surface area contributed by atoms with Crippen molar-refractivity contribution < 1.29 is 9.53 Å². The van der Waals surface area contributed by atoms with Crippen molar-refractivity contribution in [3.63, 3.8) is 0 Å². The van der Waals surface area contributed by atoms with Gasteiger partial charge < -0.3 is 15.4 Å². The molecule has 2 N–H and O–H groups in total. The Balaban J connectivity index is 1.20. The van der Waals surface area contributed by atoms with Crippen molar-refractivity contribution in [2.24, 2.45) is 0 Å². The highest BCUT2D eigenvalue weighted by atomic mass is 32.2. The van der Waals surface area contributed by atoms with E-state index in [2.05, 4.69) is 63.1 Å². The number of benzene rings is 2. The Labute approximate surface area is 196 Å². The van der Waals surface area contributed by atoms with Crippen molar-refractivity contribution in [2.45, 2.75) is 17.9 Å². The lowest BCUT2D eigenvalue weighted by molar-refractivity contribution is -0.113. The number of carbonyl (C=O) groups excluding carboxylic acids is 1. The maximum Gasteiger partial charge on any atom is 0.234 e. The van der Waals surface area contributed by atoms with Gasteiger partial charge in [-0.15, -0.1) is 11.8 Å². The number of fused-ring (bicyclic) bond motifs is 2. The van der Waals surface area contributed by atoms with Crippen LogP contribution in [0.2, 0.25) is 0 Å². The van der Waals surface area contributed by atoms with E-state index in [-0.39, 0.29) is 5.91 Å². The van der Waals surface area contributed by atoms with E-state index >= 15 is 0 Å². The molecule has 1 aliphatic heterocycles. The summed E-state index contributed by atoms with van der Waals surface area (Å²) < 4.78 is 5.28. The van der Waals surface area contributed by atoms with E-state index in [1.165, 1.54) is 11.1 Å². The standard InChI is InChI=1S/C26H24N4O2S/c1-32-25-9-7-21-26(30-25)20(11-13-28-21)19-5-2-18(3-6-19)15-27-12-10-17-4-8-23-22(14-17)29-24(31)16-33-23/h2-9,11,13-14,27H,10,12,15-16H2,1H3,(H,29,31). The van der Waals surface area contributed by atoms with Crippen molar-refractivity contribution in [3.8, 4) is 17.0 Å². The van der Waals surface area contributed by atoms with Crippen molar-refractivity contribution in [1.29, 1.82) is 0 Å². The number of nitrogens with one attached hydrogen (secondary N) is 2. The second kappa shape index (κ2) is 9.60. The maximum atomic E-state index is 11.6. The number of rotatable bonds is 7. The summed E-state index contributed by atoms with van der Waals surface area (Å²) in [5.74, 6) is 1.15. The fourth-order valence-electron chi connectivity index (χ4n) is 3.91. The summed E-state index contributed by atoms with van der Waals surface area (Å²) in [6.07, 6.45) is 2.72. The molecule has 6 nitrogen and oxygen atoms in total. The van der Waals surface area contributed by atoms with Crippen LogP contribution < -0.4 is 15.4 Å².